The van der Waals surface area contributed by atoms with Gasteiger partial charge in [-0.1, -0.05) is 6.92 Å². The van der Waals surface area contributed by atoms with Gasteiger partial charge in [-0.15, -0.1) is 10.2 Å². The molecule has 0 N–H and O–H groups in total. The van der Waals surface area contributed by atoms with Crippen molar-refractivity contribution < 1.29 is 4.42 Å². The van der Waals surface area contributed by atoms with Crippen molar-refractivity contribution >= 4 is 0 Å². The van der Waals surface area contributed by atoms with Crippen LogP contribution in [0, 0.1) is 0 Å². The molecule has 0 fully saturated rings. The molecule has 0 unspecified atom stereocenters. The van der Waals surface area contributed by atoms with Crippen molar-refractivity contribution in [2.75, 3.05) is 0 Å². The lowest BCUT2D eigenvalue weighted by Crippen LogP contribution is -1.99. The summed E-state index contributed by atoms with van der Waals surface area (Å²) >= 11 is 0. The van der Waals surface area contributed by atoms with E-state index in [9.17, 15) is 0 Å². The maximum atomic E-state index is 5.30. The number of rotatable bonds is 3. The minimum atomic E-state index is 0.479. The van der Waals surface area contributed by atoms with Crippen LogP contribution in [0.4, 0.5) is 0 Å². The fourth-order valence-corrected chi connectivity index (χ4v) is 0.948. The Hall–Kier alpha value is -1.72. The highest BCUT2D eigenvalue weighted by Gasteiger charge is 2.04. The van der Waals surface area contributed by atoms with Gasteiger partial charge in [-0.3, -0.25) is 0 Å². The average molecular weight is 179 g/mol. The number of nitrogens with zero attached hydrogens (tertiary/aromatic N) is 5. The van der Waals surface area contributed by atoms with Crippen molar-refractivity contribution in [2.45, 2.75) is 19.9 Å². The molecule has 0 spiro atoms. The van der Waals surface area contributed by atoms with Gasteiger partial charge in [-0.05, 0) is 0 Å². The van der Waals surface area contributed by atoms with Crippen LogP contribution in [0.15, 0.2) is 17.1 Å². The molecule has 6 heteroatoms. The van der Waals surface area contributed by atoms with E-state index in [0.29, 0.717) is 18.3 Å². The molecule has 0 bridgehead atoms. The van der Waals surface area contributed by atoms with E-state index in [-0.39, 0.29) is 0 Å². The zero-order chi connectivity index (χ0) is 9.10. The predicted octanol–water partition coefficient (Wildman–Crippen LogP) is 0.272. The van der Waals surface area contributed by atoms with Gasteiger partial charge in [0, 0.05) is 6.42 Å². The lowest BCUT2D eigenvalue weighted by molar-refractivity contribution is 0.433. The monoisotopic (exact) mass is 179 g/mol. The van der Waals surface area contributed by atoms with E-state index in [2.05, 4.69) is 20.3 Å². The molecule has 6 nitrogen and oxygen atoms in total. The first-order chi connectivity index (χ1) is 6.38. The zero-order valence-corrected chi connectivity index (χ0v) is 7.21. The van der Waals surface area contributed by atoms with Crippen LogP contribution in [0.5, 0.6) is 0 Å². The van der Waals surface area contributed by atoms with E-state index in [1.54, 1.807) is 11.0 Å². The van der Waals surface area contributed by atoms with E-state index >= 15 is 0 Å². The second kappa shape index (κ2) is 3.34. The van der Waals surface area contributed by atoms with Gasteiger partial charge >= 0.3 is 0 Å². The van der Waals surface area contributed by atoms with Crippen LogP contribution in [-0.2, 0) is 13.0 Å². The lowest BCUT2D eigenvalue weighted by atomic mass is 10.5. The van der Waals surface area contributed by atoms with Crippen LogP contribution in [0.1, 0.15) is 18.7 Å². The highest BCUT2D eigenvalue weighted by atomic mass is 16.4. The molecule has 0 atom stereocenters. The van der Waals surface area contributed by atoms with Gasteiger partial charge in [0.25, 0.3) is 0 Å². The summed E-state index contributed by atoms with van der Waals surface area (Å²) in [5, 5.41) is 11.6. The summed E-state index contributed by atoms with van der Waals surface area (Å²) in [7, 11) is 0. The van der Waals surface area contributed by atoms with Crippen LogP contribution >= 0.6 is 0 Å². The molecule has 0 aromatic carbocycles. The maximum absolute atomic E-state index is 5.30. The highest BCUT2D eigenvalue weighted by Crippen LogP contribution is 2.01. The van der Waals surface area contributed by atoms with Crippen molar-refractivity contribution in [3.05, 3.63) is 24.4 Å². The normalized spacial score (nSPS) is 10.5. The SMILES string of the molecule is CCc1nnc(Cn2cncn2)o1. The van der Waals surface area contributed by atoms with Crippen molar-refractivity contribution in [2.24, 2.45) is 0 Å². The molecule has 2 aromatic rings. The molecule has 0 saturated carbocycles. The molecule has 2 heterocycles. The van der Waals surface area contributed by atoms with Crippen LogP contribution < -0.4 is 0 Å². The Bertz CT molecular complexity index is 366. The van der Waals surface area contributed by atoms with Crippen molar-refractivity contribution in [3.63, 3.8) is 0 Å². The predicted molar refractivity (Wildman–Crippen MR) is 42.8 cm³/mol. The smallest absolute Gasteiger partial charge is 0.237 e. The molecule has 68 valence electrons. The summed E-state index contributed by atoms with van der Waals surface area (Å²) in [5.41, 5.74) is 0. The van der Waals surface area contributed by atoms with Gasteiger partial charge in [-0.2, -0.15) is 5.10 Å². The second-order valence-electron chi connectivity index (χ2n) is 2.54. The Morgan fingerprint density at radius 2 is 2.23 bits per heavy atom. The van der Waals surface area contributed by atoms with Crippen molar-refractivity contribution in [1.82, 2.24) is 25.0 Å². The first-order valence-corrected chi connectivity index (χ1v) is 4.02. The quantitative estimate of drug-likeness (QED) is 0.676. The highest BCUT2D eigenvalue weighted by molar-refractivity contribution is 4.81. The summed E-state index contributed by atoms with van der Waals surface area (Å²) in [6.45, 7) is 2.44. The minimum Gasteiger partial charge on any atom is -0.423 e. The van der Waals surface area contributed by atoms with Gasteiger partial charge in [0.15, 0.2) is 0 Å². The standard InChI is InChI=1S/C7H9N5O/c1-2-6-10-11-7(13-6)3-12-5-8-4-9-12/h4-5H,2-3H2,1H3. The third-order valence-corrected chi connectivity index (χ3v) is 1.57. The third-order valence-electron chi connectivity index (χ3n) is 1.57. The molecule has 0 aliphatic carbocycles. The molecular formula is C7H9N5O. The van der Waals surface area contributed by atoms with Gasteiger partial charge in [0.1, 0.15) is 19.2 Å². The Balaban J connectivity index is 2.10. The summed E-state index contributed by atoms with van der Waals surface area (Å²) < 4.78 is 6.93. The third kappa shape index (κ3) is 1.71. The van der Waals surface area contributed by atoms with Crippen LogP contribution in [0.25, 0.3) is 0 Å². The second-order valence-corrected chi connectivity index (χ2v) is 2.54. The van der Waals surface area contributed by atoms with Crippen LogP contribution in [0.3, 0.4) is 0 Å². The fourth-order valence-electron chi connectivity index (χ4n) is 0.948. The van der Waals surface area contributed by atoms with Gasteiger partial charge < -0.3 is 4.42 Å². The van der Waals surface area contributed by atoms with Gasteiger partial charge in [0.05, 0.1) is 0 Å². The van der Waals surface area contributed by atoms with Crippen LogP contribution in [0.2, 0.25) is 0 Å². The van der Waals surface area contributed by atoms with E-state index in [1.807, 2.05) is 6.92 Å². The Morgan fingerprint density at radius 3 is 2.85 bits per heavy atom. The van der Waals surface area contributed by atoms with Gasteiger partial charge in [-0.25, -0.2) is 9.67 Å². The average Bonchev–Trinajstić information content (AvgIpc) is 2.76. The molecular weight excluding hydrogens is 170 g/mol. The fraction of sp³-hybridized carbons (Fsp3) is 0.429. The molecule has 0 amide bonds. The minimum absolute atomic E-state index is 0.479. The number of hydrogen-bond acceptors (Lipinski definition) is 5. The number of aryl methyl sites for hydroxylation is 1. The molecule has 2 aromatic heterocycles. The van der Waals surface area contributed by atoms with Crippen molar-refractivity contribution in [1.29, 1.82) is 0 Å². The van der Waals surface area contributed by atoms with E-state index in [1.165, 1.54) is 6.33 Å². The molecule has 0 saturated heterocycles. The summed E-state index contributed by atoms with van der Waals surface area (Å²) in [6, 6.07) is 0. The Kier molecular flexibility index (Phi) is 2.03. The van der Waals surface area contributed by atoms with Gasteiger partial charge in [0.2, 0.25) is 11.8 Å². The Labute approximate surface area is 74.6 Å². The Morgan fingerprint density at radius 1 is 1.38 bits per heavy atom. The van der Waals surface area contributed by atoms with Crippen LogP contribution in [-0.4, -0.2) is 25.0 Å². The lowest BCUT2D eigenvalue weighted by Gasteiger charge is -1.92. The molecule has 13 heavy (non-hydrogen) atoms. The van der Waals surface area contributed by atoms with E-state index in [4.69, 9.17) is 4.42 Å². The summed E-state index contributed by atoms with van der Waals surface area (Å²) in [6.07, 6.45) is 3.83. The largest absolute Gasteiger partial charge is 0.423 e. The summed E-state index contributed by atoms with van der Waals surface area (Å²) in [4.78, 5) is 3.81. The molecule has 0 aliphatic heterocycles. The molecule has 2 rings (SSSR count). The van der Waals surface area contributed by atoms with E-state index in [0.717, 1.165) is 6.42 Å². The van der Waals surface area contributed by atoms with Crippen molar-refractivity contribution in [3.8, 4) is 0 Å². The van der Waals surface area contributed by atoms with E-state index < -0.39 is 0 Å². The molecule has 0 aliphatic rings. The first-order valence-electron chi connectivity index (χ1n) is 4.02. The zero-order valence-electron chi connectivity index (χ0n) is 7.21. The topological polar surface area (TPSA) is 69.6 Å². The summed E-state index contributed by atoms with van der Waals surface area (Å²) in [5.74, 6) is 1.21. The maximum Gasteiger partial charge on any atom is 0.237 e. The number of aromatic nitrogens is 5. The first kappa shape index (κ1) is 7.90. The number of hydrogen-bond donors (Lipinski definition) is 0. The molecule has 0 radical (unpaired) electrons.